The normalized spacial score (nSPS) is 16.8. The lowest BCUT2D eigenvalue weighted by Gasteiger charge is -2.35. The van der Waals surface area contributed by atoms with Crippen molar-refractivity contribution < 1.29 is 4.79 Å². The molecule has 6 heteroatoms. The van der Waals surface area contributed by atoms with Crippen LogP contribution in [0.1, 0.15) is 24.7 Å². The summed E-state index contributed by atoms with van der Waals surface area (Å²) in [6, 6.07) is 20.5. The molecule has 1 aliphatic heterocycles. The molecule has 4 aromatic rings. The van der Waals surface area contributed by atoms with Crippen LogP contribution in [-0.4, -0.2) is 44.5 Å². The first-order chi connectivity index (χ1) is 16.2. The van der Waals surface area contributed by atoms with Crippen LogP contribution < -0.4 is 5.32 Å². The zero-order valence-corrected chi connectivity index (χ0v) is 18.9. The highest BCUT2D eigenvalue weighted by Crippen LogP contribution is 2.22. The number of amides is 1. The van der Waals surface area contributed by atoms with E-state index >= 15 is 0 Å². The largest absolute Gasteiger partial charge is 0.353 e. The van der Waals surface area contributed by atoms with Gasteiger partial charge in [-0.3, -0.25) is 14.7 Å². The Kier molecular flexibility index (Phi) is 6.17. The number of nitrogens with zero attached hydrogens (tertiary/aromatic N) is 4. The van der Waals surface area contributed by atoms with E-state index in [0.717, 1.165) is 47.5 Å². The minimum atomic E-state index is -0.210. The van der Waals surface area contributed by atoms with Gasteiger partial charge in [0.1, 0.15) is 5.82 Å². The first-order valence-electron chi connectivity index (χ1n) is 11.7. The Bertz CT molecular complexity index is 1230. The highest BCUT2D eigenvalue weighted by molar-refractivity contribution is 5.83. The summed E-state index contributed by atoms with van der Waals surface area (Å²) in [5.41, 5.74) is 5.56. The van der Waals surface area contributed by atoms with Crippen molar-refractivity contribution in [2.45, 2.75) is 38.9 Å². The molecule has 1 aliphatic rings. The lowest BCUT2D eigenvalue weighted by atomic mass is 9.99. The number of carbonyl (C=O) groups excluding carboxylic acids is 1. The predicted molar refractivity (Wildman–Crippen MR) is 131 cm³/mol. The Morgan fingerprint density at radius 2 is 1.88 bits per heavy atom. The number of hydrogen-bond donors (Lipinski definition) is 1. The number of rotatable bonds is 7. The molecule has 1 amide bonds. The van der Waals surface area contributed by atoms with Crippen molar-refractivity contribution in [2.24, 2.45) is 0 Å². The molecule has 6 nitrogen and oxygen atoms in total. The van der Waals surface area contributed by atoms with Crippen LogP contribution in [0, 0.1) is 0 Å². The molecule has 0 radical (unpaired) electrons. The van der Waals surface area contributed by atoms with Crippen molar-refractivity contribution in [1.29, 1.82) is 0 Å². The second-order valence-corrected chi connectivity index (χ2v) is 8.59. The van der Waals surface area contributed by atoms with Gasteiger partial charge in [-0.1, -0.05) is 49.4 Å². The zero-order chi connectivity index (χ0) is 22.6. The van der Waals surface area contributed by atoms with Crippen LogP contribution in [0.4, 0.5) is 0 Å². The maximum absolute atomic E-state index is 12.9. The second-order valence-electron chi connectivity index (χ2n) is 8.59. The first-order valence-corrected chi connectivity index (χ1v) is 11.7. The number of carbonyl (C=O) groups is 1. The van der Waals surface area contributed by atoms with Crippen LogP contribution in [0.25, 0.3) is 22.2 Å². The van der Waals surface area contributed by atoms with E-state index in [1.807, 2.05) is 18.3 Å². The van der Waals surface area contributed by atoms with Gasteiger partial charge in [0.25, 0.3) is 0 Å². The average Bonchev–Trinajstić information content (AvgIpc) is 3.19. The predicted octanol–water partition coefficient (Wildman–Crippen LogP) is 4.05. The van der Waals surface area contributed by atoms with Gasteiger partial charge < -0.3 is 9.88 Å². The van der Waals surface area contributed by atoms with Crippen LogP contribution >= 0.6 is 0 Å². The lowest BCUT2D eigenvalue weighted by Crippen LogP contribution is -2.55. The fraction of sp³-hybridized carbons (Fsp3) is 0.296. The van der Waals surface area contributed by atoms with E-state index in [1.165, 1.54) is 5.52 Å². The van der Waals surface area contributed by atoms with E-state index in [0.29, 0.717) is 19.5 Å². The van der Waals surface area contributed by atoms with Gasteiger partial charge in [0, 0.05) is 32.0 Å². The number of piperazine rings is 1. The molecule has 0 saturated carbocycles. The van der Waals surface area contributed by atoms with Crippen LogP contribution in [0.5, 0.6) is 0 Å². The molecule has 5 rings (SSSR count). The van der Waals surface area contributed by atoms with Gasteiger partial charge in [-0.05, 0) is 47.7 Å². The molecule has 2 aromatic carbocycles. The number of pyridine rings is 1. The standard InChI is InChI=1S/C27H29N5O/c1-2-15-32-24-8-4-3-7-23(24)30-26(32)19-31-16-14-29-27(33)25(31)17-20-9-11-21(12-10-20)22-6-5-13-28-18-22/h3-13,18,25H,2,14-17,19H2,1H3,(H,29,33)/t25-/m0/s1. The summed E-state index contributed by atoms with van der Waals surface area (Å²) >= 11 is 0. The van der Waals surface area contributed by atoms with E-state index in [-0.39, 0.29) is 11.9 Å². The molecule has 3 heterocycles. The number of para-hydroxylation sites is 2. The Balaban J connectivity index is 1.37. The molecule has 1 atom stereocenters. The van der Waals surface area contributed by atoms with Crippen molar-refractivity contribution in [1.82, 2.24) is 24.8 Å². The molecule has 168 valence electrons. The molecule has 33 heavy (non-hydrogen) atoms. The summed E-state index contributed by atoms with van der Waals surface area (Å²) in [5, 5.41) is 3.06. The molecule has 0 unspecified atom stereocenters. The summed E-state index contributed by atoms with van der Waals surface area (Å²) in [5.74, 6) is 1.13. The quantitative estimate of drug-likeness (QED) is 0.472. The van der Waals surface area contributed by atoms with Gasteiger partial charge in [-0.2, -0.15) is 0 Å². The third-order valence-electron chi connectivity index (χ3n) is 6.34. The second kappa shape index (κ2) is 9.55. The molecular formula is C27H29N5O. The minimum absolute atomic E-state index is 0.0933. The summed E-state index contributed by atoms with van der Waals surface area (Å²) in [7, 11) is 0. The van der Waals surface area contributed by atoms with Crippen molar-refractivity contribution in [3.05, 3.63) is 84.4 Å². The van der Waals surface area contributed by atoms with E-state index < -0.39 is 0 Å². The number of benzene rings is 2. The third-order valence-corrected chi connectivity index (χ3v) is 6.34. The number of aromatic nitrogens is 3. The smallest absolute Gasteiger partial charge is 0.237 e. The Labute approximate surface area is 194 Å². The molecule has 0 aliphatic carbocycles. The number of aryl methyl sites for hydroxylation is 1. The van der Waals surface area contributed by atoms with Crippen LogP contribution in [0.2, 0.25) is 0 Å². The van der Waals surface area contributed by atoms with E-state index in [4.69, 9.17) is 4.98 Å². The molecule has 1 fully saturated rings. The fourth-order valence-corrected chi connectivity index (χ4v) is 4.66. The monoisotopic (exact) mass is 439 g/mol. The van der Waals surface area contributed by atoms with Crippen LogP contribution in [0.3, 0.4) is 0 Å². The van der Waals surface area contributed by atoms with E-state index in [1.54, 1.807) is 6.20 Å². The summed E-state index contributed by atoms with van der Waals surface area (Å²) in [6.07, 6.45) is 5.37. The van der Waals surface area contributed by atoms with Gasteiger partial charge in [0.15, 0.2) is 0 Å². The number of hydrogen-bond acceptors (Lipinski definition) is 4. The molecule has 0 bridgehead atoms. The fourth-order valence-electron chi connectivity index (χ4n) is 4.66. The van der Waals surface area contributed by atoms with Gasteiger partial charge in [0.05, 0.1) is 23.6 Å². The van der Waals surface area contributed by atoms with Crippen LogP contribution in [-0.2, 0) is 24.3 Å². The summed E-state index contributed by atoms with van der Waals surface area (Å²) in [6.45, 7) is 5.27. The highest BCUT2D eigenvalue weighted by Gasteiger charge is 2.31. The van der Waals surface area contributed by atoms with Gasteiger partial charge in [-0.15, -0.1) is 0 Å². The molecule has 1 N–H and O–H groups in total. The number of fused-ring (bicyclic) bond motifs is 1. The van der Waals surface area contributed by atoms with Crippen molar-refractivity contribution in [2.75, 3.05) is 13.1 Å². The lowest BCUT2D eigenvalue weighted by molar-refractivity contribution is -0.129. The Morgan fingerprint density at radius 1 is 1.03 bits per heavy atom. The first kappa shape index (κ1) is 21.3. The maximum atomic E-state index is 12.9. The molecule has 1 saturated heterocycles. The molecule has 0 spiro atoms. The molecule has 2 aromatic heterocycles. The number of nitrogens with one attached hydrogen (secondary N) is 1. The Morgan fingerprint density at radius 3 is 2.67 bits per heavy atom. The van der Waals surface area contributed by atoms with Crippen LogP contribution in [0.15, 0.2) is 73.1 Å². The average molecular weight is 440 g/mol. The zero-order valence-electron chi connectivity index (χ0n) is 18.9. The SMILES string of the molecule is CCCn1c(CN2CCNC(=O)[C@@H]2Cc2ccc(-c3cccnc3)cc2)nc2ccccc21. The van der Waals surface area contributed by atoms with Crippen molar-refractivity contribution in [3.8, 4) is 11.1 Å². The summed E-state index contributed by atoms with van der Waals surface area (Å²) in [4.78, 5) is 24.3. The highest BCUT2D eigenvalue weighted by atomic mass is 16.2. The third kappa shape index (κ3) is 4.52. The Hall–Kier alpha value is -3.51. The van der Waals surface area contributed by atoms with Gasteiger partial charge in [-0.25, -0.2) is 4.98 Å². The van der Waals surface area contributed by atoms with E-state index in [2.05, 4.69) is 75.2 Å². The maximum Gasteiger partial charge on any atom is 0.237 e. The summed E-state index contributed by atoms with van der Waals surface area (Å²) < 4.78 is 2.31. The van der Waals surface area contributed by atoms with Gasteiger partial charge in [0.2, 0.25) is 5.91 Å². The molecular weight excluding hydrogens is 410 g/mol. The van der Waals surface area contributed by atoms with Crippen molar-refractivity contribution in [3.63, 3.8) is 0 Å². The number of imidazole rings is 1. The van der Waals surface area contributed by atoms with Gasteiger partial charge >= 0.3 is 0 Å². The topological polar surface area (TPSA) is 63.0 Å². The van der Waals surface area contributed by atoms with E-state index in [9.17, 15) is 4.79 Å². The minimum Gasteiger partial charge on any atom is -0.353 e. The van der Waals surface area contributed by atoms with Crippen molar-refractivity contribution >= 4 is 16.9 Å².